The zero-order chi connectivity index (χ0) is 15.9. The molecule has 0 radical (unpaired) electrons. The summed E-state index contributed by atoms with van der Waals surface area (Å²) in [5.74, 6) is -0.592. The van der Waals surface area contributed by atoms with E-state index in [0.717, 1.165) is 24.8 Å². The van der Waals surface area contributed by atoms with Gasteiger partial charge in [-0.2, -0.15) is 0 Å². The van der Waals surface area contributed by atoms with Crippen molar-refractivity contribution in [2.45, 2.75) is 32.2 Å². The van der Waals surface area contributed by atoms with E-state index in [0.29, 0.717) is 12.3 Å². The van der Waals surface area contributed by atoms with Gasteiger partial charge in [0, 0.05) is 17.8 Å². The molecule has 0 heterocycles. The van der Waals surface area contributed by atoms with Crippen LogP contribution in [0.1, 0.15) is 31.7 Å². The van der Waals surface area contributed by atoms with Crippen LogP contribution in [0.15, 0.2) is 30.3 Å². The van der Waals surface area contributed by atoms with Crippen LogP contribution in [0.5, 0.6) is 0 Å². The Bertz CT molecular complexity index is 569. The summed E-state index contributed by atoms with van der Waals surface area (Å²) in [5, 5.41) is 2.92. The van der Waals surface area contributed by atoms with Gasteiger partial charge in [0.15, 0.2) is 0 Å². The number of hydrogen-bond acceptors (Lipinski definition) is 4. The molecule has 118 valence electrons. The van der Waals surface area contributed by atoms with Crippen molar-refractivity contribution in [3.05, 3.63) is 35.9 Å². The van der Waals surface area contributed by atoms with Gasteiger partial charge in [0.1, 0.15) is 0 Å². The number of rotatable bonds is 5. The van der Waals surface area contributed by atoms with Gasteiger partial charge in [-0.3, -0.25) is 4.79 Å². The van der Waals surface area contributed by atoms with Crippen LogP contribution in [-0.4, -0.2) is 24.5 Å². The van der Waals surface area contributed by atoms with Gasteiger partial charge in [0.05, 0.1) is 12.5 Å². The lowest BCUT2D eigenvalue weighted by Gasteiger charge is -2.16. The van der Waals surface area contributed by atoms with Crippen molar-refractivity contribution in [1.29, 1.82) is 0 Å². The fraction of sp³-hybridized carbons (Fsp3) is 0.412. The molecule has 2 atom stereocenters. The van der Waals surface area contributed by atoms with E-state index in [1.165, 1.54) is 6.08 Å². The van der Waals surface area contributed by atoms with E-state index >= 15 is 0 Å². The second-order valence-electron chi connectivity index (χ2n) is 5.36. The van der Waals surface area contributed by atoms with Crippen LogP contribution in [0.3, 0.4) is 0 Å². The van der Waals surface area contributed by atoms with Crippen molar-refractivity contribution in [1.82, 2.24) is 0 Å². The average molecular weight is 302 g/mol. The number of benzene rings is 1. The lowest BCUT2D eigenvalue weighted by molar-refractivity contribution is -0.137. The van der Waals surface area contributed by atoms with Crippen LogP contribution in [0.4, 0.5) is 5.69 Å². The van der Waals surface area contributed by atoms with Crippen LogP contribution >= 0.6 is 0 Å². The number of esters is 1. The molecule has 0 aromatic heterocycles. The maximum absolute atomic E-state index is 12.3. The Balaban J connectivity index is 2.08. The number of para-hydroxylation sites is 1. The summed E-state index contributed by atoms with van der Waals surface area (Å²) in [7, 11) is 0. The molecule has 0 spiro atoms. The number of hydrogen-bond donors (Lipinski definition) is 2. The number of nitrogens with two attached hydrogens (primary N) is 1. The summed E-state index contributed by atoms with van der Waals surface area (Å²) in [6, 6.07) is 7.26. The molecule has 2 rings (SSSR count). The Morgan fingerprint density at radius 2 is 2.14 bits per heavy atom. The molecule has 1 aromatic rings. The summed E-state index contributed by atoms with van der Waals surface area (Å²) < 4.78 is 4.85. The SMILES string of the molecule is CCOC(=O)C=Cc1ccccc1NC(=O)C1CCCC1N. The van der Waals surface area contributed by atoms with E-state index in [2.05, 4.69) is 5.32 Å². The van der Waals surface area contributed by atoms with Crippen LogP contribution in [0, 0.1) is 5.92 Å². The summed E-state index contributed by atoms with van der Waals surface area (Å²) in [6.07, 6.45) is 5.71. The molecule has 1 saturated carbocycles. The highest BCUT2D eigenvalue weighted by molar-refractivity contribution is 5.96. The maximum Gasteiger partial charge on any atom is 0.330 e. The first-order valence-corrected chi connectivity index (χ1v) is 7.62. The van der Waals surface area contributed by atoms with Gasteiger partial charge < -0.3 is 15.8 Å². The quantitative estimate of drug-likeness (QED) is 0.646. The summed E-state index contributed by atoms with van der Waals surface area (Å²) in [4.78, 5) is 23.7. The van der Waals surface area contributed by atoms with Gasteiger partial charge in [-0.05, 0) is 37.5 Å². The van der Waals surface area contributed by atoms with Crippen molar-refractivity contribution in [3.8, 4) is 0 Å². The molecular formula is C17H22N2O3. The van der Waals surface area contributed by atoms with Gasteiger partial charge in [-0.15, -0.1) is 0 Å². The highest BCUT2D eigenvalue weighted by atomic mass is 16.5. The molecule has 5 heteroatoms. The molecule has 1 aliphatic rings. The van der Waals surface area contributed by atoms with E-state index in [9.17, 15) is 9.59 Å². The van der Waals surface area contributed by atoms with Crippen molar-refractivity contribution < 1.29 is 14.3 Å². The number of ether oxygens (including phenoxy) is 1. The first-order chi connectivity index (χ1) is 10.6. The molecule has 0 saturated heterocycles. The van der Waals surface area contributed by atoms with E-state index in [1.807, 2.05) is 24.3 Å². The third-order valence-corrected chi connectivity index (χ3v) is 3.81. The number of amides is 1. The first-order valence-electron chi connectivity index (χ1n) is 7.62. The van der Waals surface area contributed by atoms with E-state index in [4.69, 9.17) is 10.5 Å². The van der Waals surface area contributed by atoms with Gasteiger partial charge in [-0.25, -0.2) is 4.79 Å². The van der Waals surface area contributed by atoms with Crippen molar-refractivity contribution >= 4 is 23.6 Å². The first kappa shape index (κ1) is 16.2. The predicted octanol–water partition coefficient (Wildman–Crippen LogP) is 2.33. The van der Waals surface area contributed by atoms with Gasteiger partial charge in [0.2, 0.25) is 5.91 Å². The molecule has 0 bridgehead atoms. The van der Waals surface area contributed by atoms with Crippen LogP contribution < -0.4 is 11.1 Å². The number of carbonyl (C=O) groups is 2. The minimum absolute atomic E-state index is 0.0537. The van der Waals surface area contributed by atoms with E-state index in [-0.39, 0.29) is 17.9 Å². The second-order valence-corrected chi connectivity index (χ2v) is 5.36. The highest BCUT2D eigenvalue weighted by Gasteiger charge is 2.30. The Morgan fingerprint density at radius 3 is 2.82 bits per heavy atom. The molecular weight excluding hydrogens is 280 g/mol. The van der Waals surface area contributed by atoms with Crippen LogP contribution in [-0.2, 0) is 14.3 Å². The third-order valence-electron chi connectivity index (χ3n) is 3.81. The van der Waals surface area contributed by atoms with E-state index in [1.54, 1.807) is 13.0 Å². The zero-order valence-corrected chi connectivity index (χ0v) is 12.7. The number of anilines is 1. The molecule has 5 nitrogen and oxygen atoms in total. The van der Waals surface area contributed by atoms with Crippen molar-refractivity contribution in [3.63, 3.8) is 0 Å². The monoisotopic (exact) mass is 302 g/mol. The lowest BCUT2D eigenvalue weighted by atomic mass is 10.0. The minimum Gasteiger partial charge on any atom is -0.463 e. The lowest BCUT2D eigenvalue weighted by Crippen LogP contribution is -2.34. The topological polar surface area (TPSA) is 81.4 Å². The highest BCUT2D eigenvalue weighted by Crippen LogP contribution is 2.26. The van der Waals surface area contributed by atoms with Gasteiger partial charge in [-0.1, -0.05) is 24.6 Å². The molecule has 1 fully saturated rings. The summed E-state index contributed by atoms with van der Waals surface area (Å²) >= 11 is 0. The summed E-state index contributed by atoms with van der Waals surface area (Å²) in [6.45, 7) is 2.09. The fourth-order valence-electron chi connectivity index (χ4n) is 2.64. The molecule has 1 aromatic carbocycles. The standard InChI is InChI=1S/C17H22N2O3/c1-2-22-16(20)11-10-12-6-3-4-9-15(12)19-17(21)13-7-5-8-14(13)18/h3-4,6,9-11,13-14H,2,5,7-8,18H2,1H3,(H,19,21). The predicted molar refractivity (Wildman–Crippen MR) is 86.1 cm³/mol. The normalized spacial score (nSPS) is 21.0. The average Bonchev–Trinajstić information content (AvgIpc) is 2.93. The Labute approximate surface area is 130 Å². The second kappa shape index (κ2) is 7.75. The van der Waals surface area contributed by atoms with Crippen LogP contribution in [0.2, 0.25) is 0 Å². The maximum atomic E-state index is 12.3. The third kappa shape index (κ3) is 4.18. The summed E-state index contributed by atoms with van der Waals surface area (Å²) in [5.41, 5.74) is 7.40. The number of nitrogens with one attached hydrogen (secondary N) is 1. The molecule has 1 amide bonds. The largest absolute Gasteiger partial charge is 0.463 e. The minimum atomic E-state index is -0.401. The molecule has 3 N–H and O–H groups in total. The van der Waals surface area contributed by atoms with Crippen LogP contribution in [0.25, 0.3) is 6.08 Å². The van der Waals surface area contributed by atoms with Gasteiger partial charge >= 0.3 is 5.97 Å². The Hall–Kier alpha value is -2.14. The van der Waals surface area contributed by atoms with E-state index < -0.39 is 5.97 Å². The molecule has 1 aliphatic carbocycles. The van der Waals surface area contributed by atoms with Gasteiger partial charge in [0.25, 0.3) is 0 Å². The van der Waals surface area contributed by atoms with Crippen molar-refractivity contribution in [2.24, 2.45) is 11.7 Å². The fourth-order valence-corrected chi connectivity index (χ4v) is 2.64. The smallest absolute Gasteiger partial charge is 0.330 e. The molecule has 0 aliphatic heterocycles. The molecule has 2 unspecified atom stereocenters. The zero-order valence-electron chi connectivity index (χ0n) is 12.7. The number of carbonyl (C=O) groups excluding carboxylic acids is 2. The molecule has 22 heavy (non-hydrogen) atoms. The van der Waals surface area contributed by atoms with Crippen molar-refractivity contribution in [2.75, 3.05) is 11.9 Å². The Morgan fingerprint density at radius 1 is 1.36 bits per heavy atom. The Kier molecular flexibility index (Phi) is 5.72.